The van der Waals surface area contributed by atoms with Crippen molar-refractivity contribution >= 4 is 15.2 Å². The fraction of sp³-hybridized carbons (Fsp3) is 0.333. The van der Waals surface area contributed by atoms with Crippen LogP contribution in [0.1, 0.15) is 16.5 Å². The van der Waals surface area contributed by atoms with Gasteiger partial charge < -0.3 is 22.8 Å². The largest absolute Gasteiger partial charge is 0.489 e. The van der Waals surface area contributed by atoms with E-state index in [1.54, 1.807) is 24.3 Å². The predicted octanol–water partition coefficient (Wildman–Crippen LogP) is 5.24. The minimum atomic E-state index is -3.86. The van der Waals surface area contributed by atoms with Crippen LogP contribution in [0.2, 0.25) is 0 Å². The van der Waals surface area contributed by atoms with E-state index in [0.717, 1.165) is 0 Å². The molecule has 0 saturated carbocycles. The summed E-state index contributed by atoms with van der Waals surface area (Å²) >= 11 is 0. The van der Waals surface area contributed by atoms with E-state index in [-0.39, 0.29) is 6.61 Å². The summed E-state index contributed by atoms with van der Waals surface area (Å²) < 4.78 is 52.8. The Morgan fingerprint density at radius 1 is 0.741 bits per heavy atom. The molecule has 27 heavy (non-hydrogen) atoms. The van der Waals surface area contributed by atoms with Gasteiger partial charge in [0, 0.05) is 28.4 Å². The first-order valence-corrected chi connectivity index (χ1v) is 11.3. The minimum absolute atomic E-state index is 0.164. The van der Waals surface area contributed by atoms with Crippen molar-refractivity contribution in [2.75, 3.05) is 28.4 Å². The summed E-state index contributed by atoms with van der Waals surface area (Å²) in [4.78, 5) is 0. The highest BCUT2D eigenvalue weighted by atomic mass is 31.2. The zero-order valence-corrected chi connectivity index (χ0v) is 17.5. The van der Waals surface area contributed by atoms with Crippen molar-refractivity contribution in [2.45, 2.75) is 12.0 Å². The molecule has 148 valence electrons. The van der Waals surface area contributed by atoms with Gasteiger partial charge in [-0.05, 0) is 23.3 Å². The van der Waals surface area contributed by atoms with Crippen LogP contribution in [-0.4, -0.2) is 28.4 Å². The van der Waals surface area contributed by atoms with Gasteiger partial charge in [0.25, 0.3) is 0 Å². The summed E-state index contributed by atoms with van der Waals surface area (Å²) in [5.74, 6) is 0.673. The van der Waals surface area contributed by atoms with Crippen molar-refractivity contribution in [3.8, 4) is 5.75 Å². The zero-order chi connectivity index (χ0) is 19.9. The molecule has 0 aromatic heterocycles. The second-order valence-electron chi connectivity index (χ2n) is 5.48. The molecule has 2 aromatic carbocycles. The lowest BCUT2D eigenvalue weighted by atomic mass is 10.1. The topological polar surface area (TPSA) is 80.3 Å². The van der Waals surface area contributed by atoms with E-state index in [2.05, 4.69) is 0 Å². The molecule has 0 saturated heterocycles. The van der Waals surface area contributed by atoms with Gasteiger partial charge in [-0.15, -0.1) is 0 Å². The van der Waals surface area contributed by atoms with Gasteiger partial charge in [-0.25, -0.2) is 0 Å². The maximum atomic E-state index is 13.2. The highest BCUT2D eigenvalue weighted by Crippen LogP contribution is 2.78. The Morgan fingerprint density at radius 2 is 1.22 bits per heavy atom. The molecular formula is C18H24O7P2. The average Bonchev–Trinajstić information content (AvgIpc) is 2.73. The Hall–Kier alpha value is -1.46. The van der Waals surface area contributed by atoms with Crippen molar-refractivity contribution in [2.24, 2.45) is 0 Å². The third-order valence-corrected chi connectivity index (χ3v) is 9.58. The number of benzene rings is 2. The third-order valence-electron chi connectivity index (χ3n) is 4.09. The van der Waals surface area contributed by atoms with E-state index in [1.165, 1.54) is 28.4 Å². The molecule has 0 bridgehead atoms. The van der Waals surface area contributed by atoms with Gasteiger partial charge in [0.05, 0.1) is 0 Å². The molecule has 0 radical (unpaired) electrons. The third kappa shape index (κ3) is 4.88. The molecule has 0 atom stereocenters. The number of para-hydroxylation sites is 1. The molecule has 0 heterocycles. The minimum Gasteiger partial charge on any atom is -0.489 e. The normalized spacial score (nSPS) is 12.3. The highest BCUT2D eigenvalue weighted by Gasteiger charge is 2.51. The smallest absolute Gasteiger partial charge is 0.349 e. The number of hydrogen-bond donors (Lipinski definition) is 0. The van der Waals surface area contributed by atoms with Gasteiger partial charge >= 0.3 is 15.2 Å². The number of hydrogen-bond acceptors (Lipinski definition) is 7. The summed E-state index contributed by atoms with van der Waals surface area (Å²) in [6, 6.07) is 16.3. The van der Waals surface area contributed by atoms with Gasteiger partial charge in [0.15, 0.2) is 5.40 Å². The SMILES string of the molecule is COP(=O)(OC)C(c1ccccc1COc1ccccc1)P(=O)(OC)OC. The Kier molecular flexibility index (Phi) is 7.80. The first-order chi connectivity index (χ1) is 12.9. The summed E-state index contributed by atoms with van der Waals surface area (Å²) in [5.41, 5.74) is 1.11. The summed E-state index contributed by atoms with van der Waals surface area (Å²) in [5, 5.41) is -1.26. The number of rotatable bonds is 10. The fourth-order valence-electron chi connectivity index (χ4n) is 2.66. The van der Waals surface area contributed by atoms with Gasteiger partial charge in [0.1, 0.15) is 12.4 Å². The first-order valence-electron chi connectivity index (χ1n) is 8.12. The summed E-state index contributed by atoms with van der Waals surface area (Å²) in [7, 11) is -2.79. The first kappa shape index (κ1) is 21.8. The Balaban J connectivity index is 2.50. The van der Waals surface area contributed by atoms with E-state index < -0.39 is 20.6 Å². The lowest BCUT2D eigenvalue weighted by Crippen LogP contribution is -2.11. The molecule has 0 N–H and O–H groups in total. The fourth-order valence-corrected chi connectivity index (χ4v) is 7.46. The monoisotopic (exact) mass is 414 g/mol. The van der Waals surface area contributed by atoms with Crippen LogP contribution in [-0.2, 0) is 33.8 Å². The molecule has 9 heteroatoms. The molecule has 2 aromatic rings. The van der Waals surface area contributed by atoms with Crippen molar-refractivity contribution in [1.82, 2.24) is 0 Å². The van der Waals surface area contributed by atoms with Crippen LogP contribution in [0.25, 0.3) is 0 Å². The van der Waals surface area contributed by atoms with E-state index >= 15 is 0 Å². The van der Waals surface area contributed by atoms with Crippen molar-refractivity contribution < 1.29 is 32.0 Å². The van der Waals surface area contributed by atoms with Gasteiger partial charge in [-0.1, -0.05) is 42.5 Å². The lowest BCUT2D eigenvalue weighted by Gasteiger charge is -2.30. The second kappa shape index (κ2) is 9.65. The maximum absolute atomic E-state index is 13.2. The van der Waals surface area contributed by atoms with Gasteiger partial charge in [0.2, 0.25) is 0 Å². The average molecular weight is 414 g/mol. The predicted molar refractivity (Wildman–Crippen MR) is 103 cm³/mol. The van der Waals surface area contributed by atoms with Crippen LogP contribution in [0.15, 0.2) is 54.6 Å². The molecule has 0 unspecified atom stereocenters. The molecule has 7 nitrogen and oxygen atoms in total. The van der Waals surface area contributed by atoms with Crippen LogP contribution in [0.5, 0.6) is 5.75 Å². The van der Waals surface area contributed by atoms with E-state index in [0.29, 0.717) is 16.9 Å². The summed E-state index contributed by atoms with van der Waals surface area (Å²) in [6.07, 6.45) is 0. The van der Waals surface area contributed by atoms with Crippen molar-refractivity contribution in [3.63, 3.8) is 0 Å². The van der Waals surface area contributed by atoms with Crippen LogP contribution in [0, 0.1) is 0 Å². The Bertz CT molecular complexity index is 783. The maximum Gasteiger partial charge on any atom is 0.349 e. The molecule has 0 aliphatic rings. The Labute approximate surface area is 159 Å². The highest BCUT2D eigenvalue weighted by molar-refractivity contribution is 7.72. The van der Waals surface area contributed by atoms with Crippen LogP contribution in [0.4, 0.5) is 0 Å². The molecular weight excluding hydrogens is 390 g/mol. The molecule has 0 spiro atoms. The molecule has 0 amide bonds. The van der Waals surface area contributed by atoms with Crippen LogP contribution < -0.4 is 4.74 Å². The van der Waals surface area contributed by atoms with Crippen LogP contribution in [0.3, 0.4) is 0 Å². The van der Waals surface area contributed by atoms with Gasteiger partial charge in [-0.2, -0.15) is 0 Å². The number of ether oxygens (including phenoxy) is 1. The zero-order valence-electron chi connectivity index (χ0n) is 15.7. The second-order valence-corrected chi connectivity index (χ2v) is 10.5. The lowest BCUT2D eigenvalue weighted by molar-refractivity contribution is 0.246. The van der Waals surface area contributed by atoms with E-state index in [4.69, 9.17) is 22.8 Å². The van der Waals surface area contributed by atoms with E-state index in [1.807, 2.05) is 30.3 Å². The van der Waals surface area contributed by atoms with E-state index in [9.17, 15) is 9.13 Å². The Morgan fingerprint density at radius 3 is 1.74 bits per heavy atom. The quantitative estimate of drug-likeness (QED) is 0.492. The van der Waals surface area contributed by atoms with Crippen molar-refractivity contribution in [3.05, 3.63) is 65.7 Å². The molecule has 0 aliphatic carbocycles. The van der Waals surface area contributed by atoms with Gasteiger partial charge in [-0.3, -0.25) is 9.13 Å². The van der Waals surface area contributed by atoms with Crippen LogP contribution >= 0.6 is 15.2 Å². The summed E-state index contributed by atoms with van der Waals surface area (Å²) in [6.45, 7) is 0.164. The standard InChI is InChI=1S/C18H24O7P2/c1-21-26(19,22-2)18(27(20,23-3)24-4)17-13-9-8-10-15(17)14-25-16-11-6-5-7-12-16/h5-13,18H,14H2,1-4H3. The molecule has 0 fully saturated rings. The molecule has 0 aliphatic heterocycles. The van der Waals surface area contributed by atoms with Crippen molar-refractivity contribution in [1.29, 1.82) is 0 Å². The molecule has 2 rings (SSSR count).